The molecular formula is C17H26ClNO3. The van der Waals surface area contributed by atoms with E-state index in [9.17, 15) is 9.59 Å². The largest absolute Gasteiger partial charge is 0.444 e. The number of ether oxygens (including phenoxy) is 1. The molecule has 1 fully saturated rings. The summed E-state index contributed by atoms with van der Waals surface area (Å²) in [7, 11) is 0. The molecule has 0 aromatic carbocycles. The first-order valence-corrected chi connectivity index (χ1v) is 7.93. The summed E-state index contributed by atoms with van der Waals surface area (Å²) in [6, 6.07) is 0. The number of hydrogen-bond donors (Lipinski definition) is 0. The van der Waals surface area contributed by atoms with Crippen LogP contribution < -0.4 is 0 Å². The normalized spacial score (nSPS) is 22.9. The molecule has 0 aliphatic carbocycles. The quantitative estimate of drug-likeness (QED) is 0.723. The number of hydrogen-bond acceptors (Lipinski definition) is 3. The summed E-state index contributed by atoms with van der Waals surface area (Å²) in [5, 5.41) is 0.418. The van der Waals surface area contributed by atoms with E-state index in [4.69, 9.17) is 16.3 Å². The molecule has 0 radical (unpaired) electrons. The zero-order valence-electron chi connectivity index (χ0n) is 13.8. The number of amides is 1. The summed E-state index contributed by atoms with van der Waals surface area (Å²) in [4.78, 5) is 26.6. The Morgan fingerprint density at radius 1 is 1.50 bits per heavy atom. The maximum atomic E-state index is 12.6. The monoisotopic (exact) mass is 327 g/mol. The van der Waals surface area contributed by atoms with Gasteiger partial charge in [-0.3, -0.25) is 4.79 Å². The molecule has 1 amide bonds. The van der Waals surface area contributed by atoms with Gasteiger partial charge in [-0.15, -0.1) is 6.58 Å². The fraction of sp³-hybridized carbons (Fsp3) is 0.647. The summed E-state index contributed by atoms with van der Waals surface area (Å²) < 4.78 is 5.44. The average Bonchev–Trinajstić information content (AvgIpc) is 2.48. The number of carbonyl (C=O) groups is 2. The molecule has 22 heavy (non-hydrogen) atoms. The molecule has 1 saturated heterocycles. The summed E-state index contributed by atoms with van der Waals surface area (Å²) in [5.41, 5.74) is -1.31. The molecule has 1 atom stereocenters. The first-order chi connectivity index (χ1) is 10.1. The maximum absolute atomic E-state index is 12.6. The van der Waals surface area contributed by atoms with Gasteiger partial charge in [0, 0.05) is 24.5 Å². The highest BCUT2D eigenvalue weighted by atomic mass is 35.5. The van der Waals surface area contributed by atoms with Crippen LogP contribution in [0.3, 0.4) is 0 Å². The lowest BCUT2D eigenvalue weighted by Crippen LogP contribution is -2.45. The third kappa shape index (κ3) is 5.16. The van der Waals surface area contributed by atoms with Crippen molar-refractivity contribution in [2.24, 2.45) is 5.41 Å². The van der Waals surface area contributed by atoms with Crippen molar-refractivity contribution in [1.29, 1.82) is 0 Å². The number of rotatable bonds is 4. The molecule has 0 N–H and O–H groups in total. The fourth-order valence-corrected chi connectivity index (χ4v) is 3.01. The topological polar surface area (TPSA) is 46.6 Å². The van der Waals surface area contributed by atoms with E-state index in [0.717, 1.165) is 0 Å². The van der Waals surface area contributed by atoms with Gasteiger partial charge < -0.3 is 9.64 Å². The van der Waals surface area contributed by atoms with E-state index in [1.165, 1.54) is 0 Å². The van der Waals surface area contributed by atoms with Crippen LogP contribution in [-0.2, 0) is 9.53 Å². The van der Waals surface area contributed by atoms with Crippen molar-refractivity contribution >= 4 is 23.5 Å². The van der Waals surface area contributed by atoms with Gasteiger partial charge in [0.1, 0.15) is 11.4 Å². The van der Waals surface area contributed by atoms with Crippen LogP contribution in [0.1, 0.15) is 46.5 Å². The van der Waals surface area contributed by atoms with Crippen molar-refractivity contribution in [3.63, 3.8) is 0 Å². The van der Waals surface area contributed by atoms with Crippen LogP contribution in [0, 0.1) is 5.41 Å². The van der Waals surface area contributed by atoms with Crippen LogP contribution in [0.5, 0.6) is 0 Å². The average molecular weight is 328 g/mol. The minimum Gasteiger partial charge on any atom is -0.444 e. The first kappa shape index (κ1) is 18.8. The van der Waals surface area contributed by atoms with Crippen LogP contribution >= 0.6 is 11.6 Å². The summed E-state index contributed by atoms with van der Waals surface area (Å²) in [5.74, 6) is 0.111. The van der Waals surface area contributed by atoms with Gasteiger partial charge in [0.2, 0.25) is 0 Å². The van der Waals surface area contributed by atoms with Crippen LogP contribution in [0.4, 0.5) is 4.79 Å². The van der Waals surface area contributed by atoms with Gasteiger partial charge >= 0.3 is 6.09 Å². The maximum Gasteiger partial charge on any atom is 0.410 e. The molecule has 4 nitrogen and oxygen atoms in total. The Morgan fingerprint density at radius 2 is 2.14 bits per heavy atom. The van der Waals surface area contributed by atoms with Crippen molar-refractivity contribution in [2.45, 2.75) is 52.1 Å². The van der Waals surface area contributed by atoms with Crippen molar-refractivity contribution in [1.82, 2.24) is 4.90 Å². The standard InChI is InChI=1S/C17H26ClNO3/c1-6-9-17(11-13(2)18)12-19(10-7-8-14(17)20)15(21)22-16(3,4)5/h6H,1-2,7-12H2,3-5H3/t17-/m0/s1. The predicted octanol–water partition coefficient (Wildman–Crippen LogP) is 4.29. The van der Waals surface area contributed by atoms with E-state index in [2.05, 4.69) is 13.2 Å². The Kier molecular flexibility index (Phi) is 6.24. The number of halogens is 1. The SMILES string of the molecule is C=CC[C@]1(CC(=C)Cl)CN(C(=O)OC(C)(C)C)CCCC1=O. The predicted molar refractivity (Wildman–Crippen MR) is 88.9 cm³/mol. The molecule has 0 bridgehead atoms. The van der Waals surface area contributed by atoms with Crippen molar-refractivity contribution in [2.75, 3.05) is 13.1 Å². The molecular weight excluding hydrogens is 302 g/mol. The van der Waals surface area contributed by atoms with Crippen molar-refractivity contribution < 1.29 is 14.3 Å². The third-order valence-corrected chi connectivity index (χ3v) is 3.77. The van der Waals surface area contributed by atoms with E-state index >= 15 is 0 Å². The molecule has 0 spiro atoms. The first-order valence-electron chi connectivity index (χ1n) is 7.55. The number of likely N-dealkylation sites (tertiary alicyclic amines) is 1. The van der Waals surface area contributed by atoms with E-state index in [1.807, 2.05) is 20.8 Å². The molecule has 5 heteroatoms. The van der Waals surface area contributed by atoms with Gasteiger partial charge in [-0.25, -0.2) is 4.79 Å². The number of carbonyl (C=O) groups excluding carboxylic acids is 2. The van der Waals surface area contributed by atoms with Crippen molar-refractivity contribution in [3.8, 4) is 0 Å². The van der Waals surface area contributed by atoms with E-state index in [-0.39, 0.29) is 5.78 Å². The number of allylic oxidation sites excluding steroid dienone is 2. The van der Waals surface area contributed by atoms with E-state index in [1.54, 1.807) is 11.0 Å². The van der Waals surface area contributed by atoms with Crippen LogP contribution in [-0.4, -0.2) is 35.5 Å². The lowest BCUT2D eigenvalue weighted by molar-refractivity contribution is -0.128. The zero-order valence-corrected chi connectivity index (χ0v) is 14.5. The second-order valence-electron chi connectivity index (χ2n) is 6.90. The highest BCUT2D eigenvalue weighted by Gasteiger charge is 2.42. The molecule has 1 aliphatic rings. The lowest BCUT2D eigenvalue weighted by Gasteiger charge is -2.35. The van der Waals surface area contributed by atoms with E-state index < -0.39 is 17.1 Å². The lowest BCUT2D eigenvalue weighted by atomic mass is 9.76. The third-order valence-electron chi connectivity index (χ3n) is 3.63. The number of nitrogens with zero attached hydrogens (tertiary/aromatic N) is 1. The number of ketones is 1. The second kappa shape index (κ2) is 7.32. The summed E-state index contributed by atoms with van der Waals surface area (Å²) in [6.07, 6.45) is 3.19. The second-order valence-corrected chi connectivity index (χ2v) is 7.43. The van der Waals surface area contributed by atoms with Crippen LogP contribution in [0.15, 0.2) is 24.3 Å². The van der Waals surface area contributed by atoms with Crippen molar-refractivity contribution in [3.05, 3.63) is 24.3 Å². The fourth-order valence-electron chi connectivity index (χ4n) is 2.76. The Hall–Kier alpha value is -1.29. The van der Waals surface area contributed by atoms with Gasteiger partial charge in [0.25, 0.3) is 0 Å². The molecule has 0 aromatic heterocycles. The smallest absolute Gasteiger partial charge is 0.410 e. The minimum atomic E-state index is -0.742. The molecule has 1 aliphatic heterocycles. The zero-order chi connectivity index (χ0) is 17.0. The van der Waals surface area contributed by atoms with E-state index in [0.29, 0.717) is 43.8 Å². The highest BCUT2D eigenvalue weighted by Crippen LogP contribution is 2.37. The summed E-state index contributed by atoms with van der Waals surface area (Å²) >= 11 is 5.97. The Balaban J connectivity index is 3.03. The van der Waals surface area contributed by atoms with Gasteiger partial charge in [0.05, 0.1) is 5.41 Å². The van der Waals surface area contributed by atoms with Gasteiger partial charge in [-0.05, 0) is 40.0 Å². The summed E-state index contributed by atoms with van der Waals surface area (Å²) in [6.45, 7) is 13.7. The Morgan fingerprint density at radius 3 is 2.64 bits per heavy atom. The van der Waals surface area contributed by atoms with Crippen LogP contribution in [0.2, 0.25) is 0 Å². The van der Waals surface area contributed by atoms with Crippen LogP contribution in [0.25, 0.3) is 0 Å². The van der Waals surface area contributed by atoms with Gasteiger partial charge in [-0.2, -0.15) is 0 Å². The van der Waals surface area contributed by atoms with Gasteiger partial charge in [0.15, 0.2) is 0 Å². The Bertz CT molecular complexity index is 467. The molecule has 124 valence electrons. The Labute approximate surface area is 138 Å². The molecule has 0 aromatic rings. The highest BCUT2D eigenvalue weighted by molar-refractivity contribution is 6.29. The molecule has 1 rings (SSSR count). The van der Waals surface area contributed by atoms with Gasteiger partial charge in [-0.1, -0.05) is 24.3 Å². The molecule has 0 unspecified atom stereocenters. The molecule has 0 saturated carbocycles. The molecule has 1 heterocycles. The minimum absolute atomic E-state index is 0.111. The number of Topliss-reactive ketones (excluding diaryl/α,β-unsaturated/α-hetero) is 1.